The number of aliphatic carboxylic acids is 1. The number of piperidine rings is 1. The number of rotatable bonds is 5. The predicted octanol–water partition coefficient (Wildman–Crippen LogP) is 2.84. The molecule has 1 amide bonds. The number of hydrogen-bond acceptors (Lipinski definition) is 2. The highest BCUT2D eigenvalue weighted by molar-refractivity contribution is 5.95. The van der Waals surface area contributed by atoms with E-state index in [1.807, 2.05) is 24.8 Å². The van der Waals surface area contributed by atoms with Crippen molar-refractivity contribution in [3.05, 3.63) is 23.0 Å². The molecule has 0 aliphatic carbocycles. The standard InChI is InChI=1S/C17H26N2O3/c1-4-19-12(2)10-15(13(19)3)17(22)18-9-5-6-14(11-18)7-8-16(20)21/h10,14H,4-9,11H2,1-3H3,(H,20,21). The van der Waals surface area contributed by atoms with Gasteiger partial charge in [-0.25, -0.2) is 0 Å². The summed E-state index contributed by atoms with van der Waals surface area (Å²) in [4.78, 5) is 25.4. The van der Waals surface area contributed by atoms with E-state index in [0.29, 0.717) is 18.9 Å². The Kier molecular flexibility index (Phi) is 5.27. The average Bonchev–Trinajstić information content (AvgIpc) is 2.79. The Bertz CT molecular complexity index is 562. The number of likely N-dealkylation sites (tertiary alicyclic amines) is 1. The monoisotopic (exact) mass is 306 g/mol. The Morgan fingerprint density at radius 3 is 2.68 bits per heavy atom. The van der Waals surface area contributed by atoms with Gasteiger partial charge in [-0.15, -0.1) is 0 Å². The average molecular weight is 306 g/mol. The molecule has 5 heteroatoms. The topological polar surface area (TPSA) is 62.5 Å². The molecule has 0 radical (unpaired) electrons. The summed E-state index contributed by atoms with van der Waals surface area (Å²) in [5.74, 6) is -0.355. The van der Waals surface area contributed by atoms with Crippen molar-refractivity contribution in [2.24, 2.45) is 5.92 Å². The molecule has 1 saturated heterocycles. The van der Waals surface area contributed by atoms with Gasteiger partial charge in [0.2, 0.25) is 0 Å². The summed E-state index contributed by atoms with van der Waals surface area (Å²) < 4.78 is 2.15. The number of carboxylic acid groups (broad SMARTS) is 1. The number of aromatic nitrogens is 1. The van der Waals surface area contributed by atoms with E-state index in [-0.39, 0.29) is 12.3 Å². The van der Waals surface area contributed by atoms with Gasteiger partial charge in [-0.2, -0.15) is 0 Å². The predicted molar refractivity (Wildman–Crippen MR) is 85.1 cm³/mol. The van der Waals surface area contributed by atoms with Crippen LogP contribution in [0, 0.1) is 19.8 Å². The Morgan fingerprint density at radius 2 is 2.09 bits per heavy atom. The van der Waals surface area contributed by atoms with E-state index >= 15 is 0 Å². The fourth-order valence-corrected chi connectivity index (χ4v) is 3.49. The zero-order valence-corrected chi connectivity index (χ0v) is 13.8. The van der Waals surface area contributed by atoms with Gasteiger partial charge < -0.3 is 14.6 Å². The van der Waals surface area contributed by atoms with E-state index in [9.17, 15) is 9.59 Å². The van der Waals surface area contributed by atoms with Crippen molar-refractivity contribution in [3.8, 4) is 0 Å². The van der Waals surface area contributed by atoms with Crippen molar-refractivity contribution in [2.45, 2.75) is 53.0 Å². The largest absolute Gasteiger partial charge is 0.481 e. The van der Waals surface area contributed by atoms with Gasteiger partial charge in [0.15, 0.2) is 0 Å². The molecule has 0 saturated carbocycles. The maximum Gasteiger partial charge on any atom is 0.303 e. The summed E-state index contributed by atoms with van der Waals surface area (Å²) in [6.07, 6.45) is 2.83. The zero-order valence-electron chi connectivity index (χ0n) is 13.8. The highest BCUT2D eigenvalue weighted by Crippen LogP contribution is 2.24. The molecular weight excluding hydrogens is 280 g/mol. The van der Waals surface area contributed by atoms with E-state index in [1.54, 1.807) is 0 Å². The minimum atomic E-state index is -0.755. The summed E-state index contributed by atoms with van der Waals surface area (Å²) in [7, 11) is 0. The van der Waals surface area contributed by atoms with Gasteiger partial charge in [0.25, 0.3) is 5.91 Å². The number of nitrogens with zero attached hydrogens (tertiary/aromatic N) is 2. The van der Waals surface area contributed by atoms with Gasteiger partial charge in [0, 0.05) is 37.4 Å². The normalized spacial score (nSPS) is 18.5. The van der Waals surface area contributed by atoms with Crippen molar-refractivity contribution in [1.82, 2.24) is 9.47 Å². The first-order valence-electron chi connectivity index (χ1n) is 8.11. The van der Waals surface area contributed by atoms with Crippen LogP contribution in [-0.4, -0.2) is 39.5 Å². The van der Waals surface area contributed by atoms with Crippen molar-refractivity contribution in [2.75, 3.05) is 13.1 Å². The summed E-state index contributed by atoms with van der Waals surface area (Å²) >= 11 is 0. The first-order chi connectivity index (χ1) is 10.4. The van der Waals surface area contributed by atoms with Gasteiger partial charge in [0.1, 0.15) is 0 Å². The van der Waals surface area contributed by atoms with Crippen molar-refractivity contribution >= 4 is 11.9 Å². The van der Waals surface area contributed by atoms with Crippen LogP contribution in [0.4, 0.5) is 0 Å². The lowest BCUT2D eigenvalue weighted by Gasteiger charge is -2.32. The summed E-state index contributed by atoms with van der Waals surface area (Å²) in [5.41, 5.74) is 2.93. The Morgan fingerprint density at radius 1 is 1.36 bits per heavy atom. The second-order valence-electron chi connectivity index (χ2n) is 6.22. The third-order valence-electron chi connectivity index (χ3n) is 4.69. The van der Waals surface area contributed by atoms with Crippen LogP contribution in [0.3, 0.4) is 0 Å². The Labute approximate surface area is 131 Å². The van der Waals surface area contributed by atoms with Crippen LogP contribution in [0.25, 0.3) is 0 Å². The highest BCUT2D eigenvalue weighted by atomic mass is 16.4. The molecule has 1 unspecified atom stereocenters. The van der Waals surface area contributed by atoms with Crippen LogP contribution in [-0.2, 0) is 11.3 Å². The summed E-state index contributed by atoms with van der Waals surface area (Å²) in [5, 5.41) is 8.81. The van der Waals surface area contributed by atoms with E-state index < -0.39 is 5.97 Å². The molecule has 1 aromatic heterocycles. The Balaban J connectivity index is 2.07. The number of carboxylic acids is 1. The van der Waals surface area contributed by atoms with E-state index in [1.165, 1.54) is 0 Å². The molecule has 0 spiro atoms. The zero-order chi connectivity index (χ0) is 16.3. The molecule has 1 aliphatic rings. The first-order valence-corrected chi connectivity index (χ1v) is 8.11. The molecule has 5 nitrogen and oxygen atoms in total. The maximum absolute atomic E-state index is 12.8. The SMILES string of the molecule is CCn1c(C)cc(C(=O)N2CCCC(CCC(=O)O)C2)c1C. The first kappa shape index (κ1) is 16.6. The van der Waals surface area contributed by atoms with E-state index in [0.717, 1.165) is 42.9 Å². The smallest absolute Gasteiger partial charge is 0.303 e. The second-order valence-corrected chi connectivity index (χ2v) is 6.22. The fraction of sp³-hybridized carbons (Fsp3) is 0.647. The minimum Gasteiger partial charge on any atom is -0.481 e. The molecule has 1 aliphatic heterocycles. The lowest BCUT2D eigenvalue weighted by molar-refractivity contribution is -0.137. The molecule has 0 aromatic carbocycles. The van der Waals surface area contributed by atoms with Gasteiger partial charge >= 0.3 is 5.97 Å². The number of carbonyl (C=O) groups is 2. The molecule has 0 bridgehead atoms. The third kappa shape index (κ3) is 3.51. The number of carbonyl (C=O) groups excluding carboxylic acids is 1. The molecular formula is C17H26N2O3. The van der Waals surface area contributed by atoms with E-state index in [2.05, 4.69) is 11.5 Å². The molecule has 1 aromatic rings. The molecule has 1 atom stereocenters. The molecule has 122 valence electrons. The van der Waals surface area contributed by atoms with Gasteiger partial charge in [0.05, 0.1) is 5.56 Å². The van der Waals surface area contributed by atoms with Crippen LogP contribution < -0.4 is 0 Å². The van der Waals surface area contributed by atoms with Crippen LogP contribution >= 0.6 is 0 Å². The van der Waals surface area contributed by atoms with Crippen LogP contribution in [0.2, 0.25) is 0 Å². The third-order valence-corrected chi connectivity index (χ3v) is 4.69. The number of aryl methyl sites for hydroxylation is 1. The quantitative estimate of drug-likeness (QED) is 0.910. The molecule has 22 heavy (non-hydrogen) atoms. The highest BCUT2D eigenvalue weighted by Gasteiger charge is 2.26. The lowest BCUT2D eigenvalue weighted by atomic mass is 9.93. The second kappa shape index (κ2) is 6.99. The minimum absolute atomic E-state index is 0.0906. The number of amides is 1. The molecule has 2 rings (SSSR count). The van der Waals surface area contributed by atoms with Crippen LogP contribution in [0.15, 0.2) is 6.07 Å². The van der Waals surface area contributed by atoms with Gasteiger partial charge in [-0.1, -0.05) is 0 Å². The van der Waals surface area contributed by atoms with Crippen LogP contribution in [0.5, 0.6) is 0 Å². The lowest BCUT2D eigenvalue weighted by Crippen LogP contribution is -2.40. The van der Waals surface area contributed by atoms with E-state index in [4.69, 9.17) is 5.11 Å². The maximum atomic E-state index is 12.8. The van der Waals surface area contributed by atoms with Crippen molar-refractivity contribution < 1.29 is 14.7 Å². The Hall–Kier alpha value is -1.78. The van der Waals surface area contributed by atoms with Crippen LogP contribution in [0.1, 0.15) is 54.4 Å². The van der Waals surface area contributed by atoms with Crippen molar-refractivity contribution in [1.29, 1.82) is 0 Å². The summed E-state index contributed by atoms with van der Waals surface area (Å²) in [6, 6.07) is 1.97. The molecule has 2 heterocycles. The van der Waals surface area contributed by atoms with Crippen molar-refractivity contribution in [3.63, 3.8) is 0 Å². The summed E-state index contributed by atoms with van der Waals surface area (Å²) in [6.45, 7) is 8.43. The number of hydrogen-bond donors (Lipinski definition) is 1. The molecule has 1 N–H and O–H groups in total. The molecule has 1 fully saturated rings. The van der Waals surface area contributed by atoms with Gasteiger partial charge in [-0.3, -0.25) is 9.59 Å². The fourth-order valence-electron chi connectivity index (χ4n) is 3.49. The van der Waals surface area contributed by atoms with Gasteiger partial charge in [-0.05, 0) is 52.0 Å².